The predicted octanol–water partition coefficient (Wildman–Crippen LogP) is 1.22. The van der Waals surface area contributed by atoms with Crippen molar-refractivity contribution in [1.29, 1.82) is 0 Å². The molecule has 3 rings (SSSR count). The van der Waals surface area contributed by atoms with Crippen LogP contribution in [0.5, 0.6) is 0 Å². The van der Waals surface area contributed by atoms with Crippen molar-refractivity contribution in [2.75, 3.05) is 6.54 Å². The van der Waals surface area contributed by atoms with Gasteiger partial charge in [0.15, 0.2) is 0 Å². The Kier molecular flexibility index (Phi) is 2.39. The van der Waals surface area contributed by atoms with Crippen LogP contribution in [0.4, 0.5) is 4.79 Å². The predicted molar refractivity (Wildman–Crippen MR) is 61.7 cm³/mol. The lowest BCUT2D eigenvalue weighted by Crippen LogP contribution is -2.33. The molecule has 18 heavy (non-hydrogen) atoms. The van der Waals surface area contributed by atoms with E-state index in [-0.39, 0.29) is 31.1 Å². The van der Waals surface area contributed by atoms with Gasteiger partial charge in [-0.15, -0.1) is 0 Å². The number of nitrogens with zero attached hydrogens (tertiary/aromatic N) is 3. The second kappa shape index (κ2) is 3.83. The van der Waals surface area contributed by atoms with Crippen LogP contribution in [0.2, 0.25) is 0 Å². The quantitative estimate of drug-likeness (QED) is 0.755. The van der Waals surface area contributed by atoms with Gasteiger partial charge in [-0.05, 0) is 26.7 Å². The summed E-state index contributed by atoms with van der Waals surface area (Å²) in [6.07, 6.45) is 2.02. The number of aryl methyl sites for hydroxylation is 2. The Hall–Kier alpha value is -1.85. The minimum absolute atomic E-state index is 0.132. The van der Waals surface area contributed by atoms with Crippen molar-refractivity contribution in [3.8, 4) is 0 Å². The second-order valence-electron chi connectivity index (χ2n) is 4.92. The molecule has 2 heterocycles. The van der Waals surface area contributed by atoms with E-state index in [1.165, 1.54) is 4.90 Å². The Morgan fingerprint density at radius 1 is 1.33 bits per heavy atom. The summed E-state index contributed by atoms with van der Waals surface area (Å²) in [6, 6.07) is 0.0959. The van der Waals surface area contributed by atoms with Gasteiger partial charge < -0.3 is 9.42 Å². The van der Waals surface area contributed by atoms with Gasteiger partial charge in [0.2, 0.25) is 0 Å². The minimum atomic E-state index is -0.178. The maximum absolute atomic E-state index is 12.1. The molecule has 1 aromatic heterocycles. The minimum Gasteiger partial charge on any atom is -0.361 e. The first kappa shape index (κ1) is 11.3. The van der Waals surface area contributed by atoms with Crippen molar-refractivity contribution in [3.63, 3.8) is 0 Å². The summed E-state index contributed by atoms with van der Waals surface area (Å²) in [5.74, 6) is 0.532. The molecule has 3 amide bonds. The number of aromatic nitrogens is 1. The molecule has 0 radical (unpaired) electrons. The molecule has 0 aromatic carbocycles. The normalized spacial score (nSPS) is 20.1. The lowest BCUT2D eigenvalue weighted by atomic mass is 10.2. The lowest BCUT2D eigenvalue weighted by molar-refractivity contribution is -0.125. The van der Waals surface area contributed by atoms with E-state index < -0.39 is 0 Å². The zero-order valence-electron chi connectivity index (χ0n) is 10.5. The van der Waals surface area contributed by atoms with Gasteiger partial charge in [-0.2, -0.15) is 0 Å². The van der Waals surface area contributed by atoms with Crippen molar-refractivity contribution in [2.24, 2.45) is 0 Å². The van der Waals surface area contributed by atoms with Gasteiger partial charge in [0.1, 0.15) is 12.3 Å². The monoisotopic (exact) mass is 249 g/mol. The van der Waals surface area contributed by atoms with Crippen LogP contribution in [-0.2, 0) is 11.3 Å². The first-order chi connectivity index (χ1) is 8.58. The van der Waals surface area contributed by atoms with Crippen LogP contribution in [0.25, 0.3) is 0 Å². The molecule has 0 spiro atoms. The highest BCUT2D eigenvalue weighted by molar-refractivity contribution is 6.02. The third-order valence-electron chi connectivity index (χ3n) is 3.57. The number of hydrogen-bond acceptors (Lipinski definition) is 4. The Morgan fingerprint density at radius 2 is 2.06 bits per heavy atom. The fourth-order valence-electron chi connectivity index (χ4n) is 2.27. The Morgan fingerprint density at radius 3 is 2.61 bits per heavy atom. The summed E-state index contributed by atoms with van der Waals surface area (Å²) >= 11 is 0. The van der Waals surface area contributed by atoms with Gasteiger partial charge in [0.25, 0.3) is 5.91 Å². The highest BCUT2D eigenvalue weighted by atomic mass is 16.5. The van der Waals surface area contributed by atoms with E-state index in [1.54, 1.807) is 11.8 Å². The van der Waals surface area contributed by atoms with Crippen molar-refractivity contribution < 1.29 is 14.1 Å². The molecule has 1 aliphatic carbocycles. The largest absolute Gasteiger partial charge is 0.361 e. The van der Waals surface area contributed by atoms with Gasteiger partial charge in [-0.1, -0.05) is 5.16 Å². The molecule has 0 atom stereocenters. The summed E-state index contributed by atoms with van der Waals surface area (Å²) in [7, 11) is 0. The van der Waals surface area contributed by atoms with Gasteiger partial charge in [-0.25, -0.2) is 4.79 Å². The molecule has 2 fully saturated rings. The molecule has 1 aromatic rings. The summed E-state index contributed by atoms with van der Waals surface area (Å²) in [5.41, 5.74) is 1.56. The van der Waals surface area contributed by atoms with Crippen molar-refractivity contribution >= 4 is 11.9 Å². The maximum Gasteiger partial charge on any atom is 0.327 e. The van der Waals surface area contributed by atoms with Crippen LogP contribution in [0, 0.1) is 13.8 Å². The van der Waals surface area contributed by atoms with E-state index in [0.717, 1.165) is 24.1 Å². The molecule has 6 heteroatoms. The maximum atomic E-state index is 12.1. The van der Waals surface area contributed by atoms with Crippen LogP contribution in [-0.4, -0.2) is 39.5 Å². The third kappa shape index (κ3) is 1.68. The standard InChI is InChI=1S/C12H15N3O3/c1-7-10(8(2)18-13-7)5-15-11(16)6-14(12(15)17)9-3-4-9/h9H,3-6H2,1-2H3. The number of rotatable bonds is 3. The summed E-state index contributed by atoms with van der Waals surface area (Å²) in [5, 5.41) is 3.84. The van der Waals surface area contributed by atoms with Crippen molar-refractivity contribution in [3.05, 3.63) is 17.0 Å². The number of urea groups is 1. The fourth-order valence-corrected chi connectivity index (χ4v) is 2.27. The number of carbonyl (C=O) groups excluding carboxylic acids is 2. The van der Waals surface area contributed by atoms with E-state index in [1.807, 2.05) is 6.92 Å². The van der Waals surface area contributed by atoms with E-state index in [9.17, 15) is 9.59 Å². The zero-order chi connectivity index (χ0) is 12.9. The fraction of sp³-hybridized carbons (Fsp3) is 0.583. The van der Waals surface area contributed by atoms with Gasteiger partial charge in [-0.3, -0.25) is 9.69 Å². The van der Waals surface area contributed by atoms with Gasteiger partial charge >= 0.3 is 6.03 Å². The molecule has 0 N–H and O–H groups in total. The average Bonchev–Trinajstić information content (AvgIpc) is 3.07. The van der Waals surface area contributed by atoms with Gasteiger partial charge in [0.05, 0.1) is 12.2 Å². The molecule has 0 unspecified atom stereocenters. The number of carbonyl (C=O) groups is 2. The van der Waals surface area contributed by atoms with Crippen LogP contribution in [0.3, 0.4) is 0 Å². The first-order valence-corrected chi connectivity index (χ1v) is 6.10. The number of amides is 3. The van der Waals surface area contributed by atoms with Gasteiger partial charge in [0, 0.05) is 11.6 Å². The molecular weight excluding hydrogens is 234 g/mol. The molecule has 1 aliphatic heterocycles. The topological polar surface area (TPSA) is 66.7 Å². The number of hydrogen-bond donors (Lipinski definition) is 0. The number of imide groups is 1. The summed E-state index contributed by atoms with van der Waals surface area (Å²) in [4.78, 5) is 27.0. The van der Waals surface area contributed by atoms with Crippen LogP contribution in [0.15, 0.2) is 4.52 Å². The summed E-state index contributed by atoms with van der Waals surface area (Å²) in [6.45, 7) is 4.09. The van der Waals surface area contributed by atoms with E-state index in [2.05, 4.69) is 5.16 Å². The molecule has 6 nitrogen and oxygen atoms in total. The molecule has 1 saturated heterocycles. The van der Waals surface area contributed by atoms with Crippen LogP contribution >= 0.6 is 0 Å². The Labute approximate surface area is 105 Å². The van der Waals surface area contributed by atoms with E-state index in [4.69, 9.17) is 4.52 Å². The highest BCUT2D eigenvalue weighted by Gasteiger charge is 2.43. The Bertz CT molecular complexity index is 499. The van der Waals surface area contributed by atoms with Crippen LogP contribution < -0.4 is 0 Å². The molecule has 1 saturated carbocycles. The summed E-state index contributed by atoms with van der Waals surface area (Å²) < 4.78 is 5.05. The van der Waals surface area contributed by atoms with Crippen LogP contribution in [0.1, 0.15) is 29.9 Å². The first-order valence-electron chi connectivity index (χ1n) is 6.10. The molecule has 2 aliphatic rings. The Balaban J connectivity index is 1.80. The highest BCUT2D eigenvalue weighted by Crippen LogP contribution is 2.31. The van der Waals surface area contributed by atoms with E-state index >= 15 is 0 Å². The second-order valence-corrected chi connectivity index (χ2v) is 4.92. The van der Waals surface area contributed by atoms with E-state index in [0.29, 0.717) is 5.76 Å². The molecular formula is C12H15N3O3. The molecule has 0 bridgehead atoms. The van der Waals surface area contributed by atoms with Crippen molar-refractivity contribution in [1.82, 2.24) is 15.0 Å². The van der Waals surface area contributed by atoms with Crippen molar-refractivity contribution in [2.45, 2.75) is 39.3 Å². The SMILES string of the molecule is Cc1noc(C)c1CN1C(=O)CN(C2CC2)C1=O. The third-order valence-corrected chi connectivity index (χ3v) is 3.57. The molecule has 96 valence electrons. The smallest absolute Gasteiger partial charge is 0.327 e. The lowest BCUT2D eigenvalue weighted by Gasteiger charge is -2.16. The average molecular weight is 249 g/mol. The zero-order valence-corrected chi connectivity index (χ0v) is 10.5.